The molecule has 0 radical (unpaired) electrons. The molecule has 0 fully saturated rings. The van der Waals surface area contributed by atoms with Crippen LogP contribution in [-0.2, 0) is 17.8 Å². The van der Waals surface area contributed by atoms with Gasteiger partial charge in [0.25, 0.3) is 0 Å². The largest absolute Gasteiger partial charge is 0.456 e. The van der Waals surface area contributed by atoms with E-state index < -0.39 is 0 Å². The second-order valence-electron chi connectivity index (χ2n) is 5.90. The van der Waals surface area contributed by atoms with Crippen molar-refractivity contribution in [3.05, 3.63) is 40.1 Å². The number of nitrogens with zero attached hydrogens (tertiary/aromatic N) is 2. The molecule has 0 bridgehead atoms. The maximum absolute atomic E-state index is 11.8. The lowest BCUT2D eigenvalue weighted by Gasteiger charge is -2.13. The number of benzene rings is 1. The van der Waals surface area contributed by atoms with Crippen molar-refractivity contribution in [1.29, 1.82) is 0 Å². The SMILES string of the molecule is CN1CCc2c(Cl)ccc3oc(/C=C/C(=O)N(C)C)c(c23)C1.Cl. The molecule has 0 saturated carbocycles. The van der Waals surface area contributed by atoms with Crippen molar-refractivity contribution in [2.75, 3.05) is 27.7 Å². The Hall–Kier alpha value is -1.49. The van der Waals surface area contributed by atoms with Gasteiger partial charge in [-0.05, 0) is 37.2 Å². The quantitative estimate of drug-likeness (QED) is 0.773. The molecule has 0 saturated heterocycles. The van der Waals surface area contributed by atoms with Gasteiger partial charge in [0.1, 0.15) is 11.3 Å². The van der Waals surface area contributed by atoms with Crippen molar-refractivity contribution < 1.29 is 9.21 Å². The highest BCUT2D eigenvalue weighted by Gasteiger charge is 2.22. The van der Waals surface area contributed by atoms with E-state index in [2.05, 4.69) is 11.9 Å². The van der Waals surface area contributed by atoms with Crippen molar-refractivity contribution >= 4 is 47.0 Å². The van der Waals surface area contributed by atoms with Gasteiger partial charge in [-0.3, -0.25) is 4.79 Å². The second-order valence-corrected chi connectivity index (χ2v) is 6.30. The van der Waals surface area contributed by atoms with Crippen molar-refractivity contribution in [2.24, 2.45) is 0 Å². The average molecular weight is 355 g/mol. The molecule has 0 atom stereocenters. The Morgan fingerprint density at radius 2 is 2.09 bits per heavy atom. The zero-order valence-electron chi connectivity index (χ0n) is 13.4. The second kappa shape index (κ2) is 6.95. The van der Waals surface area contributed by atoms with E-state index >= 15 is 0 Å². The third kappa shape index (κ3) is 3.39. The molecule has 2 heterocycles. The molecule has 0 aliphatic carbocycles. The van der Waals surface area contributed by atoms with E-state index in [1.54, 1.807) is 26.2 Å². The zero-order chi connectivity index (χ0) is 15.9. The molecule has 1 aliphatic rings. The Bertz CT molecular complexity index is 766. The van der Waals surface area contributed by atoms with Crippen LogP contribution in [-0.4, -0.2) is 43.4 Å². The van der Waals surface area contributed by atoms with E-state index in [-0.39, 0.29) is 18.3 Å². The van der Waals surface area contributed by atoms with Crippen LogP contribution < -0.4 is 0 Å². The van der Waals surface area contributed by atoms with Gasteiger partial charge in [0.2, 0.25) is 5.91 Å². The lowest BCUT2D eigenvalue weighted by molar-refractivity contribution is -0.123. The summed E-state index contributed by atoms with van der Waals surface area (Å²) in [6.07, 6.45) is 4.20. The summed E-state index contributed by atoms with van der Waals surface area (Å²) in [6.45, 7) is 1.74. The first-order chi connectivity index (χ1) is 10.5. The lowest BCUT2D eigenvalue weighted by atomic mass is 10.0. The number of furan rings is 1. The number of amides is 1. The van der Waals surface area contributed by atoms with Crippen LogP contribution in [0, 0.1) is 0 Å². The smallest absolute Gasteiger partial charge is 0.246 e. The molecule has 0 N–H and O–H groups in total. The number of hydrogen-bond donors (Lipinski definition) is 0. The molecule has 1 aliphatic heterocycles. The summed E-state index contributed by atoms with van der Waals surface area (Å²) in [6, 6.07) is 3.79. The van der Waals surface area contributed by atoms with Crippen LogP contribution >= 0.6 is 24.0 Å². The Labute approximate surface area is 147 Å². The van der Waals surface area contributed by atoms with Crippen molar-refractivity contribution in [2.45, 2.75) is 13.0 Å². The highest BCUT2D eigenvalue weighted by atomic mass is 35.5. The summed E-state index contributed by atoms with van der Waals surface area (Å²) in [5.74, 6) is 0.676. The van der Waals surface area contributed by atoms with Gasteiger partial charge in [-0.25, -0.2) is 0 Å². The third-order valence-electron chi connectivity index (χ3n) is 4.03. The summed E-state index contributed by atoms with van der Waals surface area (Å²) >= 11 is 6.37. The van der Waals surface area contributed by atoms with E-state index in [1.165, 1.54) is 4.90 Å². The third-order valence-corrected chi connectivity index (χ3v) is 4.38. The molecule has 6 heteroatoms. The molecule has 2 aromatic rings. The fraction of sp³-hybridized carbons (Fsp3) is 0.353. The minimum Gasteiger partial charge on any atom is -0.456 e. The van der Waals surface area contributed by atoms with Crippen molar-refractivity contribution in [1.82, 2.24) is 9.80 Å². The maximum Gasteiger partial charge on any atom is 0.246 e. The summed E-state index contributed by atoms with van der Waals surface area (Å²) in [5.41, 5.74) is 3.08. The van der Waals surface area contributed by atoms with Crippen LogP contribution in [0.4, 0.5) is 0 Å². The van der Waals surface area contributed by atoms with Gasteiger partial charge in [0.05, 0.1) is 0 Å². The molecule has 3 rings (SSSR count). The van der Waals surface area contributed by atoms with Crippen LogP contribution in [0.3, 0.4) is 0 Å². The predicted molar refractivity (Wildman–Crippen MR) is 96.2 cm³/mol. The van der Waals surface area contributed by atoms with Gasteiger partial charge in [0.15, 0.2) is 0 Å². The molecule has 0 spiro atoms. The van der Waals surface area contributed by atoms with Gasteiger partial charge in [0, 0.05) is 49.2 Å². The topological polar surface area (TPSA) is 36.7 Å². The maximum atomic E-state index is 11.8. The summed E-state index contributed by atoms with van der Waals surface area (Å²) in [4.78, 5) is 15.5. The predicted octanol–water partition coefficient (Wildman–Crippen LogP) is 3.60. The fourth-order valence-corrected chi connectivity index (χ4v) is 3.06. The fourth-order valence-electron chi connectivity index (χ4n) is 2.80. The number of carbonyl (C=O) groups is 1. The van der Waals surface area contributed by atoms with Crippen molar-refractivity contribution in [3.8, 4) is 0 Å². The Morgan fingerprint density at radius 1 is 1.35 bits per heavy atom. The first-order valence-corrected chi connectivity index (χ1v) is 7.66. The Balaban J connectivity index is 0.00000192. The summed E-state index contributed by atoms with van der Waals surface area (Å²) < 4.78 is 5.96. The van der Waals surface area contributed by atoms with E-state index in [9.17, 15) is 4.79 Å². The molecule has 124 valence electrons. The van der Waals surface area contributed by atoms with Crippen LogP contribution in [0.15, 0.2) is 22.6 Å². The zero-order valence-corrected chi connectivity index (χ0v) is 15.0. The first kappa shape index (κ1) is 17.9. The Morgan fingerprint density at radius 3 is 2.78 bits per heavy atom. The van der Waals surface area contributed by atoms with Gasteiger partial charge in [-0.1, -0.05) is 11.6 Å². The normalized spacial score (nSPS) is 14.8. The number of halogens is 2. The first-order valence-electron chi connectivity index (χ1n) is 7.28. The molecular formula is C17H20Cl2N2O2. The van der Waals surface area contributed by atoms with E-state index in [0.717, 1.165) is 52.4 Å². The monoisotopic (exact) mass is 354 g/mol. The molecule has 1 aromatic heterocycles. The number of likely N-dealkylation sites (N-methyl/N-ethyl adjacent to an activating group) is 2. The highest BCUT2D eigenvalue weighted by molar-refractivity contribution is 6.32. The van der Waals surface area contributed by atoms with Crippen LogP contribution in [0.25, 0.3) is 17.0 Å². The van der Waals surface area contributed by atoms with Gasteiger partial charge in [-0.15, -0.1) is 12.4 Å². The van der Waals surface area contributed by atoms with Gasteiger partial charge in [-0.2, -0.15) is 0 Å². The van der Waals surface area contributed by atoms with E-state index in [1.807, 2.05) is 12.1 Å². The van der Waals surface area contributed by atoms with Crippen LogP contribution in [0.2, 0.25) is 5.02 Å². The molecule has 1 aromatic carbocycles. The summed E-state index contributed by atoms with van der Waals surface area (Å²) in [7, 11) is 5.54. The van der Waals surface area contributed by atoms with Crippen molar-refractivity contribution in [3.63, 3.8) is 0 Å². The molecule has 1 amide bonds. The van der Waals surface area contributed by atoms with E-state index in [0.29, 0.717) is 0 Å². The van der Waals surface area contributed by atoms with Gasteiger partial charge >= 0.3 is 0 Å². The van der Waals surface area contributed by atoms with Gasteiger partial charge < -0.3 is 14.2 Å². The minimum atomic E-state index is -0.0621. The summed E-state index contributed by atoms with van der Waals surface area (Å²) in [5, 5.41) is 1.89. The molecular weight excluding hydrogens is 335 g/mol. The van der Waals surface area contributed by atoms with Crippen LogP contribution in [0.1, 0.15) is 16.9 Å². The van der Waals surface area contributed by atoms with E-state index in [4.69, 9.17) is 16.0 Å². The molecule has 23 heavy (non-hydrogen) atoms. The number of rotatable bonds is 2. The highest BCUT2D eigenvalue weighted by Crippen LogP contribution is 2.36. The molecule has 4 nitrogen and oxygen atoms in total. The minimum absolute atomic E-state index is 0. The molecule has 0 unspecified atom stereocenters. The van der Waals surface area contributed by atoms with Crippen LogP contribution in [0.5, 0.6) is 0 Å². The lowest BCUT2D eigenvalue weighted by Crippen LogP contribution is -2.19. The average Bonchev–Trinajstić information content (AvgIpc) is 2.70. The number of hydrogen-bond acceptors (Lipinski definition) is 3. The standard InChI is InChI=1S/C17H19ClN2O2.ClH/c1-19(2)16(21)7-6-14-12-10-20(3)9-8-11-13(18)4-5-15(22-14)17(11)12;/h4-7H,8-10H2,1-3H3;1H/b7-6+;. The Kier molecular flexibility index (Phi) is 5.40. The number of carbonyl (C=O) groups excluding carboxylic acids is 1.